The molecule has 2 atom stereocenters. The van der Waals surface area contributed by atoms with Crippen LogP contribution in [0, 0.1) is 11.7 Å². The predicted molar refractivity (Wildman–Crippen MR) is 110 cm³/mol. The van der Waals surface area contributed by atoms with Crippen LogP contribution in [0.1, 0.15) is 32.1 Å². The van der Waals surface area contributed by atoms with Crippen LogP contribution >= 0.6 is 12.4 Å². The normalized spacial score (nSPS) is 26.0. The predicted octanol–water partition coefficient (Wildman–Crippen LogP) is 2.22. The van der Waals surface area contributed by atoms with Gasteiger partial charge in [0.15, 0.2) is 6.61 Å². The van der Waals surface area contributed by atoms with Gasteiger partial charge in [0.2, 0.25) is 5.91 Å². The number of carbonyl (C=O) groups is 2. The lowest BCUT2D eigenvalue weighted by Gasteiger charge is -2.36. The molecular formula is C21H29ClFN3O3. The van der Waals surface area contributed by atoms with Crippen molar-refractivity contribution in [2.24, 2.45) is 5.92 Å². The molecule has 1 N–H and O–H groups in total. The van der Waals surface area contributed by atoms with Gasteiger partial charge < -0.3 is 19.9 Å². The Morgan fingerprint density at radius 3 is 2.10 bits per heavy atom. The second kappa shape index (κ2) is 9.76. The number of fused-ring (bicyclic) bond motifs is 2. The van der Waals surface area contributed by atoms with Gasteiger partial charge in [0.25, 0.3) is 5.91 Å². The number of piperidine rings is 1. The average molecular weight is 426 g/mol. The summed E-state index contributed by atoms with van der Waals surface area (Å²) in [6, 6.07) is 6.83. The summed E-state index contributed by atoms with van der Waals surface area (Å²) in [5.41, 5.74) is 0. The fraction of sp³-hybridized carbons (Fsp3) is 0.619. The van der Waals surface area contributed by atoms with Gasteiger partial charge in [-0.25, -0.2) is 4.39 Å². The van der Waals surface area contributed by atoms with Crippen molar-refractivity contribution in [2.75, 3.05) is 32.8 Å². The van der Waals surface area contributed by atoms with Gasteiger partial charge in [-0.3, -0.25) is 9.59 Å². The van der Waals surface area contributed by atoms with E-state index >= 15 is 0 Å². The van der Waals surface area contributed by atoms with Gasteiger partial charge in [-0.2, -0.15) is 0 Å². The van der Waals surface area contributed by atoms with E-state index in [1.54, 1.807) is 4.90 Å². The van der Waals surface area contributed by atoms with E-state index in [1.807, 2.05) is 4.90 Å². The Balaban J connectivity index is 0.00000240. The fourth-order valence-electron chi connectivity index (χ4n) is 4.69. The summed E-state index contributed by atoms with van der Waals surface area (Å²) in [6.45, 7) is 2.17. The number of halogens is 2. The maximum absolute atomic E-state index is 12.9. The highest BCUT2D eigenvalue weighted by molar-refractivity contribution is 5.85. The molecule has 4 rings (SSSR count). The molecule has 2 amide bonds. The van der Waals surface area contributed by atoms with Crippen molar-refractivity contribution in [1.29, 1.82) is 0 Å². The quantitative estimate of drug-likeness (QED) is 0.785. The van der Waals surface area contributed by atoms with Crippen LogP contribution in [-0.2, 0) is 9.59 Å². The topological polar surface area (TPSA) is 61.9 Å². The molecule has 3 fully saturated rings. The van der Waals surface area contributed by atoms with Crippen molar-refractivity contribution in [3.63, 3.8) is 0 Å². The largest absolute Gasteiger partial charge is 0.484 e. The highest BCUT2D eigenvalue weighted by Crippen LogP contribution is 2.33. The summed E-state index contributed by atoms with van der Waals surface area (Å²) in [5.74, 6) is 0.749. The number of hydrogen-bond acceptors (Lipinski definition) is 4. The van der Waals surface area contributed by atoms with Crippen molar-refractivity contribution >= 4 is 24.2 Å². The van der Waals surface area contributed by atoms with E-state index in [0.29, 0.717) is 56.4 Å². The molecule has 0 saturated carbocycles. The minimum atomic E-state index is -0.336. The molecule has 3 heterocycles. The van der Waals surface area contributed by atoms with Gasteiger partial charge in [0.1, 0.15) is 11.6 Å². The van der Waals surface area contributed by atoms with E-state index in [1.165, 1.54) is 37.1 Å². The van der Waals surface area contributed by atoms with Crippen LogP contribution in [0.4, 0.5) is 4.39 Å². The number of rotatable bonds is 5. The summed E-state index contributed by atoms with van der Waals surface area (Å²) >= 11 is 0. The Morgan fingerprint density at radius 2 is 1.52 bits per heavy atom. The molecule has 2 bridgehead atoms. The highest BCUT2D eigenvalue weighted by Gasteiger charge is 2.35. The molecular weight excluding hydrogens is 397 g/mol. The smallest absolute Gasteiger partial charge is 0.260 e. The van der Waals surface area contributed by atoms with Crippen LogP contribution in [0.2, 0.25) is 0 Å². The summed E-state index contributed by atoms with van der Waals surface area (Å²) in [7, 11) is 0. The Labute approximate surface area is 177 Å². The van der Waals surface area contributed by atoms with Gasteiger partial charge in [-0.05, 0) is 55.9 Å². The molecule has 8 heteroatoms. The molecule has 0 aliphatic carbocycles. The van der Waals surface area contributed by atoms with Crippen molar-refractivity contribution in [2.45, 2.75) is 44.2 Å². The maximum atomic E-state index is 12.9. The van der Waals surface area contributed by atoms with E-state index < -0.39 is 0 Å². The number of carbonyl (C=O) groups excluding carboxylic acids is 2. The maximum Gasteiger partial charge on any atom is 0.260 e. The number of amides is 2. The summed E-state index contributed by atoms with van der Waals surface area (Å²) < 4.78 is 18.3. The monoisotopic (exact) mass is 425 g/mol. The molecule has 3 aliphatic rings. The second-order valence-electron chi connectivity index (χ2n) is 8.18. The third-order valence-corrected chi connectivity index (χ3v) is 6.20. The molecule has 6 nitrogen and oxygen atoms in total. The number of nitrogens with one attached hydrogen (secondary N) is 1. The van der Waals surface area contributed by atoms with Crippen LogP contribution in [0.3, 0.4) is 0 Å². The zero-order valence-electron chi connectivity index (χ0n) is 16.5. The fourth-order valence-corrected chi connectivity index (χ4v) is 4.69. The lowest BCUT2D eigenvalue weighted by molar-refractivity contribution is -0.141. The van der Waals surface area contributed by atoms with E-state index in [4.69, 9.17) is 4.74 Å². The number of nitrogens with zero attached hydrogens (tertiary/aromatic N) is 2. The summed E-state index contributed by atoms with van der Waals surface area (Å²) in [5, 5.41) is 3.62. The molecule has 0 aromatic heterocycles. The zero-order chi connectivity index (χ0) is 19.5. The first-order valence-corrected chi connectivity index (χ1v) is 10.3. The van der Waals surface area contributed by atoms with Crippen molar-refractivity contribution in [1.82, 2.24) is 15.1 Å². The molecule has 160 valence electrons. The molecule has 3 saturated heterocycles. The molecule has 0 radical (unpaired) electrons. The van der Waals surface area contributed by atoms with E-state index in [2.05, 4.69) is 5.32 Å². The highest BCUT2D eigenvalue weighted by atomic mass is 35.5. The van der Waals surface area contributed by atoms with Gasteiger partial charge in [-0.15, -0.1) is 12.4 Å². The Bertz CT molecular complexity index is 698. The first-order chi connectivity index (χ1) is 13.6. The second-order valence-corrected chi connectivity index (χ2v) is 8.18. The minimum Gasteiger partial charge on any atom is -0.484 e. The van der Waals surface area contributed by atoms with Crippen LogP contribution in [0.15, 0.2) is 24.3 Å². The van der Waals surface area contributed by atoms with Crippen molar-refractivity contribution < 1.29 is 18.7 Å². The zero-order valence-corrected chi connectivity index (χ0v) is 17.3. The van der Waals surface area contributed by atoms with Crippen molar-refractivity contribution in [3.05, 3.63) is 30.1 Å². The third-order valence-electron chi connectivity index (χ3n) is 6.20. The Hall–Kier alpha value is -1.86. The molecule has 29 heavy (non-hydrogen) atoms. The lowest BCUT2D eigenvalue weighted by atomic mass is 9.89. The van der Waals surface area contributed by atoms with Gasteiger partial charge in [0, 0.05) is 44.7 Å². The number of piperazine rings is 1. The molecule has 1 aromatic rings. The molecule has 3 aliphatic heterocycles. The minimum absolute atomic E-state index is 0. The molecule has 1 aromatic carbocycles. The van der Waals surface area contributed by atoms with Crippen LogP contribution in [0.25, 0.3) is 0 Å². The van der Waals surface area contributed by atoms with Gasteiger partial charge in [0.05, 0.1) is 0 Å². The summed E-state index contributed by atoms with van der Waals surface area (Å²) in [4.78, 5) is 28.6. The van der Waals surface area contributed by atoms with E-state index in [9.17, 15) is 14.0 Å². The number of benzene rings is 1. The Kier molecular flexibility index (Phi) is 7.35. The average Bonchev–Trinajstić information content (AvgIpc) is 3.05. The van der Waals surface area contributed by atoms with E-state index in [0.717, 1.165) is 12.8 Å². The van der Waals surface area contributed by atoms with Crippen LogP contribution in [-0.4, -0.2) is 66.5 Å². The molecule has 2 unspecified atom stereocenters. The van der Waals surface area contributed by atoms with Crippen molar-refractivity contribution in [3.8, 4) is 5.75 Å². The van der Waals surface area contributed by atoms with Gasteiger partial charge >= 0.3 is 0 Å². The van der Waals surface area contributed by atoms with Gasteiger partial charge in [-0.1, -0.05) is 0 Å². The first kappa shape index (κ1) is 21.8. The standard InChI is InChI=1S/C21H28FN3O3.ClH/c22-16-1-5-19(6-2-16)28-14-21(27)25-9-7-24(8-10-25)20(26)13-15-11-17-3-4-18(12-15)23-17;/h1-2,5-6,15,17-18,23H,3-4,7-14H2;1H. The molecule has 0 spiro atoms. The SMILES string of the molecule is Cl.O=C(COc1ccc(F)cc1)N1CCN(C(=O)CC2CC3CCC(C2)N3)CC1. The lowest BCUT2D eigenvalue weighted by Crippen LogP contribution is -2.52. The summed E-state index contributed by atoms with van der Waals surface area (Å²) in [6.07, 6.45) is 5.35. The van der Waals surface area contributed by atoms with Crippen LogP contribution in [0.5, 0.6) is 5.75 Å². The number of ether oxygens (including phenoxy) is 1. The van der Waals surface area contributed by atoms with E-state index in [-0.39, 0.29) is 36.6 Å². The first-order valence-electron chi connectivity index (χ1n) is 10.3. The van der Waals surface area contributed by atoms with Crippen LogP contribution < -0.4 is 10.1 Å². The Morgan fingerprint density at radius 1 is 0.966 bits per heavy atom. The third kappa shape index (κ3) is 5.60. The number of hydrogen-bond donors (Lipinski definition) is 1.